The minimum absolute atomic E-state index is 0.228. The summed E-state index contributed by atoms with van der Waals surface area (Å²) >= 11 is 3.48. The maximum atomic E-state index is 10.3. The number of aryl methyl sites for hydroxylation is 1. The molecule has 4 nitrogen and oxygen atoms in total. The van der Waals surface area contributed by atoms with E-state index in [-0.39, 0.29) is 5.75 Å². The Hall–Kier alpha value is -1.59. The maximum absolute atomic E-state index is 10.3. The van der Waals surface area contributed by atoms with Crippen LogP contribution in [-0.4, -0.2) is 47.7 Å². The van der Waals surface area contributed by atoms with E-state index in [9.17, 15) is 5.11 Å². The van der Waals surface area contributed by atoms with Crippen molar-refractivity contribution < 1.29 is 5.11 Å². The highest BCUT2D eigenvalue weighted by molar-refractivity contribution is 9.10. The van der Waals surface area contributed by atoms with Crippen molar-refractivity contribution in [2.45, 2.75) is 27.7 Å². The highest BCUT2D eigenvalue weighted by Gasteiger charge is 2.18. The summed E-state index contributed by atoms with van der Waals surface area (Å²) in [5.41, 5.74) is 2.72. The summed E-state index contributed by atoms with van der Waals surface area (Å²) in [6.07, 6.45) is 0. The fraction of sp³-hybridized carbons (Fsp3) is 0.450. The maximum Gasteiger partial charge on any atom is 0.142 e. The molecule has 0 unspecified atom stereocenters. The molecule has 1 saturated heterocycles. The van der Waals surface area contributed by atoms with Crippen molar-refractivity contribution in [3.05, 3.63) is 40.4 Å². The Labute approximate surface area is 159 Å². The van der Waals surface area contributed by atoms with Crippen molar-refractivity contribution in [2.75, 3.05) is 37.6 Å². The van der Waals surface area contributed by atoms with E-state index in [1.807, 2.05) is 45.0 Å². The van der Waals surface area contributed by atoms with Gasteiger partial charge in [0, 0.05) is 36.2 Å². The number of likely N-dealkylation sites (N-methyl/N-ethyl adjacent to an activating group) is 1. The summed E-state index contributed by atoms with van der Waals surface area (Å²) in [5.74, 6) is 1.17. The van der Waals surface area contributed by atoms with Gasteiger partial charge in [-0.1, -0.05) is 42.8 Å². The van der Waals surface area contributed by atoms with E-state index in [0.29, 0.717) is 5.69 Å². The van der Waals surface area contributed by atoms with E-state index in [2.05, 4.69) is 32.7 Å². The van der Waals surface area contributed by atoms with Gasteiger partial charge in [-0.3, -0.25) is 0 Å². The molecule has 0 radical (unpaired) electrons. The molecule has 0 atom stereocenters. The molecule has 1 aromatic carbocycles. The zero-order valence-corrected chi connectivity index (χ0v) is 17.2. The number of benzene rings is 1. The number of nitrogens with zero attached hydrogens (tertiary/aromatic N) is 3. The summed E-state index contributed by atoms with van der Waals surface area (Å²) in [6, 6.07) is 9.69. The van der Waals surface area contributed by atoms with E-state index in [1.54, 1.807) is 6.07 Å². The Morgan fingerprint density at radius 1 is 1.08 bits per heavy atom. The SMILES string of the molecule is CC.CCN1CCN(c2ccc(O)c(-c3ccc(Br)cc3C)n2)CC1. The Kier molecular flexibility index (Phi) is 7.26. The molecule has 3 rings (SSSR count). The monoisotopic (exact) mass is 405 g/mol. The molecule has 25 heavy (non-hydrogen) atoms. The lowest BCUT2D eigenvalue weighted by Gasteiger charge is -2.35. The number of hydrogen-bond acceptors (Lipinski definition) is 4. The number of aromatic hydroxyl groups is 1. The standard InChI is InChI=1S/C18H22BrN3O.C2H6/c1-3-21-8-10-22(11-9-21)17-7-6-16(23)18(20-17)15-5-4-14(19)12-13(15)2;1-2/h4-7,12,23H,3,8-11H2,1-2H3;1-2H3. The summed E-state index contributed by atoms with van der Waals surface area (Å²) in [5, 5.41) is 10.3. The second-order valence-electron chi connectivity index (χ2n) is 5.92. The Balaban J connectivity index is 0.00000109. The molecular formula is C20H28BrN3O. The van der Waals surface area contributed by atoms with E-state index in [0.717, 1.165) is 54.1 Å². The van der Waals surface area contributed by atoms with Gasteiger partial charge >= 0.3 is 0 Å². The highest BCUT2D eigenvalue weighted by atomic mass is 79.9. The number of aromatic nitrogens is 1. The first-order valence-corrected chi connectivity index (χ1v) is 9.81. The van der Waals surface area contributed by atoms with Gasteiger partial charge in [-0.2, -0.15) is 0 Å². The first kappa shape index (κ1) is 19.7. The van der Waals surface area contributed by atoms with Crippen molar-refractivity contribution in [3.8, 4) is 17.0 Å². The van der Waals surface area contributed by atoms with Crippen molar-refractivity contribution in [1.29, 1.82) is 0 Å². The van der Waals surface area contributed by atoms with Gasteiger partial charge in [0.05, 0.1) is 0 Å². The molecule has 1 N–H and O–H groups in total. The quantitative estimate of drug-likeness (QED) is 0.803. The summed E-state index contributed by atoms with van der Waals surface area (Å²) in [4.78, 5) is 9.49. The second-order valence-corrected chi connectivity index (χ2v) is 6.83. The average Bonchev–Trinajstić information content (AvgIpc) is 2.64. The van der Waals surface area contributed by atoms with Crippen molar-refractivity contribution in [1.82, 2.24) is 9.88 Å². The summed E-state index contributed by atoms with van der Waals surface area (Å²) < 4.78 is 1.03. The fourth-order valence-corrected chi connectivity index (χ4v) is 3.48. The molecular weight excluding hydrogens is 378 g/mol. The van der Waals surface area contributed by atoms with Crippen molar-refractivity contribution >= 4 is 21.7 Å². The molecule has 1 aliphatic rings. The van der Waals surface area contributed by atoms with Gasteiger partial charge in [0.2, 0.25) is 0 Å². The van der Waals surface area contributed by atoms with Crippen molar-refractivity contribution in [3.63, 3.8) is 0 Å². The third kappa shape index (κ3) is 4.73. The molecule has 1 aromatic heterocycles. The average molecular weight is 406 g/mol. The normalized spacial score (nSPS) is 14.8. The van der Waals surface area contributed by atoms with Crippen LogP contribution in [0, 0.1) is 6.92 Å². The molecule has 5 heteroatoms. The van der Waals surface area contributed by atoms with E-state index < -0.39 is 0 Å². The first-order chi connectivity index (χ1) is 12.1. The van der Waals surface area contributed by atoms with Gasteiger partial charge in [0.1, 0.15) is 17.3 Å². The molecule has 1 aliphatic heterocycles. The largest absolute Gasteiger partial charge is 0.506 e. The number of halogens is 1. The van der Waals surface area contributed by atoms with Gasteiger partial charge in [-0.25, -0.2) is 4.98 Å². The summed E-state index contributed by atoms with van der Waals surface area (Å²) in [6.45, 7) is 13.4. The Morgan fingerprint density at radius 2 is 1.76 bits per heavy atom. The Morgan fingerprint density at radius 3 is 2.36 bits per heavy atom. The van der Waals surface area contributed by atoms with Gasteiger partial charge in [0.15, 0.2) is 0 Å². The minimum Gasteiger partial charge on any atom is -0.506 e. The van der Waals surface area contributed by atoms with Gasteiger partial charge < -0.3 is 14.9 Å². The molecule has 2 heterocycles. The zero-order chi connectivity index (χ0) is 18.4. The predicted molar refractivity (Wildman–Crippen MR) is 109 cm³/mol. The molecule has 2 aromatic rings. The number of rotatable bonds is 3. The van der Waals surface area contributed by atoms with Crippen molar-refractivity contribution in [2.24, 2.45) is 0 Å². The number of piperazine rings is 1. The lowest BCUT2D eigenvalue weighted by Crippen LogP contribution is -2.46. The lowest BCUT2D eigenvalue weighted by molar-refractivity contribution is 0.270. The topological polar surface area (TPSA) is 39.6 Å². The first-order valence-electron chi connectivity index (χ1n) is 9.02. The smallest absolute Gasteiger partial charge is 0.142 e. The van der Waals surface area contributed by atoms with E-state index >= 15 is 0 Å². The zero-order valence-electron chi connectivity index (χ0n) is 15.6. The fourth-order valence-electron chi connectivity index (χ4n) is 3.00. The van der Waals surface area contributed by atoms with E-state index in [4.69, 9.17) is 4.98 Å². The van der Waals surface area contributed by atoms with Crippen LogP contribution >= 0.6 is 15.9 Å². The molecule has 1 fully saturated rings. The number of pyridine rings is 1. The number of anilines is 1. The Bertz CT molecular complexity index is 697. The predicted octanol–water partition coefficient (Wildman–Crippen LogP) is 4.69. The van der Waals surface area contributed by atoms with Crippen LogP contribution in [0.2, 0.25) is 0 Å². The van der Waals surface area contributed by atoms with Crippen LogP contribution in [-0.2, 0) is 0 Å². The van der Waals surface area contributed by atoms with Gasteiger partial charge in [-0.05, 0) is 43.3 Å². The van der Waals surface area contributed by atoms with Crippen LogP contribution in [0.3, 0.4) is 0 Å². The van der Waals surface area contributed by atoms with Gasteiger partial charge in [0.25, 0.3) is 0 Å². The molecule has 0 amide bonds. The summed E-state index contributed by atoms with van der Waals surface area (Å²) in [7, 11) is 0. The lowest BCUT2D eigenvalue weighted by atomic mass is 10.0. The molecule has 0 bridgehead atoms. The van der Waals surface area contributed by atoms with Gasteiger partial charge in [-0.15, -0.1) is 0 Å². The molecule has 0 spiro atoms. The minimum atomic E-state index is 0.228. The van der Waals surface area contributed by atoms with Crippen LogP contribution in [0.4, 0.5) is 5.82 Å². The van der Waals surface area contributed by atoms with Crippen LogP contribution < -0.4 is 4.90 Å². The van der Waals surface area contributed by atoms with Crippen LogP contribution in [0.15, 0.2) is 34.8 Å². The molecule has 0 aliphatic carbocycles. The van der Waals surface area contributed by atoms with Crippen LogP contribution in [0.1, 0.15) is 26.3 Å². The van der Waals surface area contributed by atoms with Crippen LogP contribution in [0.25, 0.3) is 11.3 Å². The molecule has 136 valence electrons. The second kappa shape index (κ2) is 9.20. The van der Waals surface area contributed by atoms with E-state index in [1.165, 1.54) is 0 Å². The molecule has 0 saturated carbocycles. The third-order valence-corrected chi connectivity index (χ3v) is 4.94. The highest BCUT2D eigenvalue weighted by Crippen LogP contribution is 2.33. The third-order valence-electron chi connectivity index (χ3n) is 4.45. The number of hydrogen-bond donors (Lipinski definition) is 1. The van der Waals surface area contributed by atoms with Crippen LogP contribution in [0.5, 0.6) is 5.75 Å².